The molecule has 0 spiro atoms. The van der Waals surface area contributed by atoms with Gasteiger partial charge in [-0.05, 0) is 54.4 Å². The van der Waals surface area contributed by atoms with Crippen molar-refractivity contribution in [2.45, 2.75) is 38.8 Å². The molecule has 6 nitrogen and oxygen atoms in total. The first kappa shape index (κ1) is 32.3. The second-order valence-corrected chi connectivity index (χ2v) is 10.7. The number of methoxy groups -OCH3 is 1. The summed E-state index contributed by atoms with van der Waals surface area (Å²) < 4.78 is 15.3. The fourth-order valence-corrected chi connectivity index (χ4v) is 4.98. The molecule has 1 aromatic heterocycles. The van der Waals surface area contributed by atoms with E-state index in [0.29, 0.717) is 33.2 Å². The summed E-state index contributed by atoms with van der Waals surface area (Å²) in [5.74, 6) is 0.674. The van der Waals surface area contributed by atoms with E-state index >= 15 is 0 Å². The Morgan fingerprint density at radius 1 is 0.975 bits per heavy atom. The first-order chi connectivity index (χ1) is 18.7. The number of carbonyl (C=O) groups is 1. The zero-order chi connectivity index (χ0) is 27.9. The Morgan fingerprint density at radius 3 is 2.30 bits per heavy atom. The summed E-state index contributed by atoms with van der Waals surface area (Å²) in [6.07, 6.45) is 5.20. The van der Waals surface area contributed by atoms with Crippen molar-refractivity contribution in [2.24, 2.45) is 0 Å². The number of aromatic nitrogens is 2. The standard InChI is InChI=1S/C29H27Cl4N3O3.BrH/c1-19(29(37)34-15-20-3-8-24(38-2)9-4-20)36-12-11-35(18-36)16-28(25-10-7-23(31)14-27(25)33)39-17-21-5-6-22(30)13-26(21)32;/h3-14,18-19,28H,15-17H2,1-2H3;1H. The Labute approximate surface area is 264 Å². The lowest BCUT2D eigenvalue weighted by atomic mass is 10.1. The van der Waals surface area contributed by atoms with E-state index in [2.05, 4.69) is 5.32 Å². The number of rotatable bonds is 11. The van der Waals surface area contributed by atoms with Crippen molar-refractivity contribution in [3.8, 4) is 5.75 Å². The predicted octanol–water partition coefficient (Wildman–Crippen LogP) is 4.24. The van der Waals surface area contributed by atoms with Crippen LogP contribution in [-0.4, -0.2) is 17.6 Å². The van der Waals surface area contributed by atoms with Crippen molar-refractivity contribution >= 4 is 52.3 Å². The molecule has 40 heavy (non-hydrogen) atoms. The number of carbonyl (C=O) groups excluding carboxylic acids is 1. The molecule has 2 unspecified atom stereocenters. The summed E-state index contributed by atoms with van der Waals surface area (Å²) in [6.45, 7) is 2.97. The molecular weight excluding hydrogens is 660 g/mol. The van der Waals surface area contributed by atoms with E-state index in [0.717, 1.165) is 22.4 Å². The minimum absolute atomic E-state index is 0. The van der Waals surface area contributed by atoms with Crippen LogP contribution < -0.4 is 31.6 Å². The molecule has 0 fully saturated rings. The Balaban J connectivity index is 0.00000441. The summed E-state index contributed by atoms with van der Waals surface area (Å²) >= 11 is 25.1. The number of imidazole rings is 1. The van der Waals surface area contributed by atoms with Gasteiger partial charge >= 0.3 is 0 Å². The zero-order valence-corrected chi connectivity index (χ0v) is 26.4. The summed E-state index contributed by atoms with van der Waals surface area (Å²) in [5.41, 5.74) is 2.58. The average Bonchev–Trinajstić information content (AvgIpc) is 3.39. The van der Waals surface area contributed by atoms with Gasteiger partial charge in [0.2, 0.25) is 6.33 Å². The van der Waals surface area contributed by atoms with Gasteiger partial charge in [0.15, 0.2) is 6.04 Å². The van der Waals surface area contributed by atoms with Crippen molar-refractivity contribution in [2.75, 3.05) is 7.11 Å². The first-order valence-corrected chi connectivity index (χ1v) is 13.7. The van der Waals surface area contributed by atoms with E-state index in [1.807, 2.05) is 71.2 Å². The summed E-state index contributed by atoms with van der Waals surface area (Å²) in [7, 11) is 1.62. The SMILES string of the molecule is COc1ccc(CNC(=O)C(C)n2cc[n+](CC(OCc3ccc(Cl)cc3Cl)c3ccc(Cl)cc3Cl)c2)cc1.[Br-]. The number of ether oxygens (including phenoxy) is 2. The quantitative estimate of drug-likeness (QED) is 0.240. The number of hydrogen-bond donors (Lipinski definition) is 1. The van der Waals surface area contributed by atoms with Crippen LogP contribution >= 0.6 is 46.4 Å². The van der Waals surface area contributed by atoms with Crippen LogP contribution in [0.2, 0.25) is 20.1 Å². The largest absolute Gasteiger partial charge is 1.00 e. The molecule has 0 aliphatic rings. The van der Waals surface area contributed by atoms with Gasteiger partial charge < -0.3 is 31.8 Å². The number of nitrogens with zero attached hydrogens (tertiary/aromatic N) is 2. The molecular formula is C29H28BrCl4N3O3. The molecule has 0 radical (unpaired) electrons. The molecule has 4 rings (SSSR count). The maximum Gasteiger partial charge on any atom is 0.265 e. The number of amides is 1. The van der Waals surface area contributed by atoms with Crippen LogP contribution in [0.1, 0.15) is 35.8 Å². The fraction of sp³-hybridized carbons (Fsp3) is 0.241. The van der Waals surface area contributed by atoms with Gasteiger partial charge in [0, 0.05) is 32.2 Å². The Bertz CT molecular complexity index is 1430. The molecule has 0 aliphatic carbocycles. The summed E-state index contributed by atoms with van der Waals surface area (Å²) in [5, 5.41) is 5.10. The number of nitrogens with one attached hydrogen (secondary N) is 1. The summed E-state index contributed by atoms with van der Waals surface area (Å²) in [4.78, 5) is 12.8. The van der Waals surface area contributed by atoms with E-state index in [1.165, 1.54) is 0 Å². The second kappa shape index (κ2) is 15.1. The molecule has 1 amide bonds. The second-order valence-electron chi connectivity index (χ2n) is 9.00. The first-order valence-electron chi connectivity index (χ1n) is 12.2. The van der Waals surface area contributed by atoms with Gasteiger partial charge in [0.05, 0.1) is 13.7 Å². The number of halogens is 5. The van der Waals surface area contributed by atoms with E-state index in [-0.39, 0.29) is 29.5 Å². The topological polar surface area (TPSA) is 56.4 Å². The smallest absolute Gasteiger partial charge is 0.265 e. The minimum Gasteiger partial charge on any atom is -1.00 e. The van der Waals surface area contributed by atoms with Gasteiger partial charge in [0.1, 0.15) is 30.8 Å². The molecule has 0 aliphatic heterocycles. The van der Waals surface area contributed by atoms with Gasteiger partial charge in [-0.2, -0.15) is 0 Å². The minimum atomic E-state index is -0.420. The lowest BCUT2D eigenvalue weighted by molar-refractivity contribution is -0.705. The lowest BCUT2D eigenvalue weighted by Gasteiger charge is -2.19. The number of benzene rings is 3. The van der Waals surface area contributed by atoms with Crippen LogP contribution in [0.15, 0.2) is 79.4 Å². The van der Waals surface area contributed by atoms with Crippen LogP contribution in [0.4, 0.5) is 0 Å². The predicted molar refractivity (Wildman–Crippen MR) is 155 cm³/mol. The van der Waals surface area contributed by atoms with Crippen LogP contribution in [0.25, 0.3) is 0 Å². The summed E-state index contributed by atoms with van der Waals surface area (Å²) in [6, 6.07) is 17.8. The Morgan fingerprint density at radius 2 is 1.65 bits per heavy atom. The zero-order valence-electron chi connectivity index (χ0n) is 21.8. The van der Waals surface area contributed by atoms with Crippen molar-refractivity contribution in [1.29, 1.82) is 0 Å². The van der Waals surface area contributed by atoms with Crippen LogP contribution in [0.3, 0.4) is 0 Å². The van der Waals surface area contributed by atoms with E-state index < -0.39 is 12.1 Å². The van der Waals surface area contributed by atoms with Gasteiger partial charge in [-0.15, -0.1) is 0 Å². The molecule has 11 heteroatoms. The highest BCUT2D eigenvalue weighted by Crippen LogP contribution is 2.31. The van der Waals surface area contributed by atoms with Gasteiger partial charge in [-0.1, -0.05) is 70.7 Å². The van der Waals surface area contributed by atoms with Gasteiger partial charge in [-0.25, -0.2) is 9.13 Å². The molecule has 3 aromatic carbocycles. The van der Waals surface area contributed by atoms with Crippen molar-refractivity contribution in [3.05, 3.63) is 116 Å². The molecule has 4 aromatic rings. The highest BCUT2D eigenvalue weighted by Gasteiger charge is 2.23. The maximum absolute atomic E-state index is 12.8. The van der Waals surface area contributed by atoms with Crippen molar-refractivity contribution in [3.63, 3.8) is 0 Å². The van der Waals surface area contributed by atoms with Crippen molar-refractivity contribution in [1.82, 2.24) is 9.88 Å². The lowest BCUT2D eigenvalue weighted by Crippen LogP contribution is -3.00. The molecule has 1 heterocycles. The Kier molecular flexibility index (Phi) is 12.2. The normalized spacial score (nSPS) is 12.3. The van der Waals surface area contributed by atoms with E-state index in [9.17, 15) is 4.79 Å². The molecule has 0 saturated carbocycles. The monoisotopic (exact) mass is 685 g/mol. The van der Waals surface area contributed by atoms with E-state index in [1.54, 1.807) is 31.4 Å². The Hall–Kier alpha value is -2.26. The van der Waals surface area contributed by atoms with Crippen molar-refractivity contribution < 1.29 is 35.8 Å². The molecule has 0 bridgehead atoms. The third kappa shape index (κ3) is 8.62. The van der Waals surface area contributed by atoms with Crippen LogP contribution in [-0.2, 0) is 29.2 Å². The van der Waals surface area contributed by atoms with Gasteiger partial charge in [-0.3, -0.25) is 4.79 Å². The highest BCUT2D eigenvalue weighted by molar-refractivity contribution is 6.35. The van der Waals surface area contributed by atoms with Crippen LogP contribution in [0.5, 0.6) is 5.75 Å². The molecule has 1 N–H and O–H groups in total. The van der Waals surface area contributed by atoms with Gasteiger partial charge in [0.25, 0.3) is 5.91 Å². The molecule has 212 valence electrons. The molecule has 2 atom stereocenters. The number of hydrogen-bond acceptors (Lipinski definition) is 3. The maximum atomic E-state index is 12.8. The molecule has 0 saturated heterocycles. The third-order valence-electron chi connectivity index (χ3n) is 6.31. The highest BCUT2D eigenvalue weighted by atomic mass is 79.9. The fourth-order valence-electron chi connectivity index (χ4n) is 3.99. The average molecular weight is 688 g/mol. The van der Waals surface area contributed by atoms with Crippen LogP contribution in [0, 0.1) is 0 Å². The third-order valence-corrected chi connectivity index (χ3v) is 7.45. The van der Waals surface area contributed by atoms with E-state index in [4.69, 9.17) is 55.9 Å².